The lowest BCUT2D eigenvalue weighted by atomic mass is 9.83. The van der Waals surface area contributed by atoms with E-state index in [2.05, 4.69) is 24.6 Å². The van der Waals surface area contributed by atoms with Gasteiger partial charge in [0.2, 0.25) is 5.91 Å². The van der Waals surface area contributed by atoms with Gasteiger partial charge in [-0.1, -0.05) is 0 Å². The van der Waals surface area contributed by atoms with Crippen LogP contribution in [0.25, 0.3) is 0 Å². The van der Waals surface area contributed by atoms with Gasteiger partial charge in [-0.2, -0.15) is 4.99 Å². The number of β-lactam (4-membered cyclic amide) rings is 1. The second-order valence-corrected chi connectivity index (χ2v) is 19.2. The molecule has 3 heterocycles. The Balaban J connectivity index is 1.24. The first-order valence-electron chi connectivity index (χ1n) is 16.1. The van der Waals surface area contributed by atoms with Gasteiger partial charge in [0.25, 0.3) is 11.4 Å². The van der Waals surface area contributed by atoms with E-state index in [1.165, 1.54) is 65.2 Å². The molecule has 0 saturated carbocycles. The van der Waals surface area contributed by atoms with Crippen LogP contribution < -0.4 is 0 Å². The summed E-state index contributed by atoms with van der Waals surface area (Å²) in [6.07, 6.45) is 0.137. The fourth-order valence-electron chi connectivity index (χ4n) is 6.29. The Bertz CT molecular complexity index is 1730. The van der Waals surface area contributed by atoms with E-state index in [4.69, 9.17) is 13.9 Å². The normalized spacial score (nSPS) is 21.1. The van der Waals surface area contributed by atoms with Crippen LogP contribution in [-0.4, -0.2) is 82.3 Å². The second kappa shape index (κ2) is 15.1. The summed E-state index contributed by atoms with van der Waals surface area (Å²) in [5.41, 5.74) is 1.26. The minimum atomic E-state index is -1.94. The van der Waals surface area contributed by atoms with E-state index in [-0.39, 0.29) is 59.5 Å². The highest BCUT2D eigenvalue weighted by Gasteiger charge is 2.58. The number of non-ortho nitro benzene ring substituents is 2. The Morgan fingerprint density at radius 3 is 2.08 bits per heavy atom. The second-order valence-electron chi connectivity index (χ2n) is 13.3. The van der Waals surface area contributed by atoms with Gasteiger partial charge in [-0.25, -0.2) is 9.59 Å². The molecular weight excluding hydrogens is 687 g/mol. The lowest BCUT2D eigenvalue weighted by Crippen LogP contribution is -2.63. The fourth-order valence-corrected chi connectivity index (χ4v) is 8.99. The molecule has 15 nitrogen and oxygen atoms in total. The van der Waals surface area contributed by atoms with Crippen molar-refractivity contribution in [2.45, 2.75) is 76.9 Å². The molecule has 2 saturated heterocycles. The minimum Gasteiger partial charge on any atom is -0.456 e. The molecule has 0 N–H and O–H groups in total. The molecule has 2 aromatic rings. The van der Waals surface area contributed by atoms with Crippen molar-refractivity contribution in [1.29, 1.82) is 0 Å². The lowest BCUT2D eigenvalue weighted by Gasteiger charge is -2.47. The first-order valence-corrected chi connectivity index (χ1v) is 20.4. The first-order chi connectivity index (χ1) is 23.6. The number of nitrogens with zero attached hydrogens (tertiary/aromatic N) is 5. The molecule has 17 heteroatoms. The molecule has 3 aliphatic rings. The summed E-state index contributed by atoms with van der Waals surface area (Å²) in [6.45, 7) is 10.8. The van der Waals surface area contributed by atoms with Crippen molar-refractivity contribution in [3.05, 3.63) is 90.5 Å². The SMILES string of the molecule is CC(=NC(=O)OCc1ccc([N+](=O)[O-])cc1)N1CC[C@H](SC2=C(C(=O)OCc3ccc([N+](=O)[O-])cc3)N3C(=O)[C@H]([C@@H](C)O[Si](C)(C)C)[C@@H]3C2)C1. The van der Waals surface area contributed by atoms with Gasteiger partial charge in [0.1, 0.15) is 24.7 Å². The van der Waals surface area contributed by atoms with Crippen molar-refractivity contribution in [1.82, 2.24) is 9.80 Å². The molecule has 2 fully saturated rings. The van der Waals surface area contributed by atoms with E-state index >= 15 is 0 Å². The molecule has 3 aliphatic heterocycles. The summed E-state index contributed by atoms with van der Waals surface area (Å²) in [6, 6.07) is 11.2. The number of ether oxygens (including phenoxy) is 2. The van der Waals surface area contributed by atoms with Crippen molar-refractivity contribution in [2.24, 2.45) is 10.9 Å². The third kappa shape index (κ3) is 8.57. The topological polar surface area (TPSA) is 184 Å². The molecule has 2 aromatic carbocycles. The van der Waals surface area contributed by atoms with E-state index in [0.29, 0.717) is 36.5 Å². The van der Waals surface area contributed by atoms with Crippen LogP contribution in [0, 0.1) is 26.1 Å². The molecule has 0 unspecified atom stereocenters. The van der Waals surface area contributed by atoms with Gasteiger partial charge < -0.3 is 23.7 Å². The smallest absolute Gasteiger partial charge is 0.435 e. The van der Waals surface area contributed by atoms with Crippen LogP contribution in [0.3, 0.4) is 0 Å². The summed E-state index contributed by atoms with van der Waals surface area (Å²) in [5, 5.41) is 21.9. The number of rotatable bonds is 12. The Morgan fingerprint density at radius 2 is 1.54 bits per heavy atom. The molecule has 5 rings (SSSR count). The summed E-state index contributed by atoms with van der Waals surface area (Å²) in [7, 11) is -1.94. The number of hydrogen-bond donors (Lipinski definition) is 0. The van der Waals surface area contributed by atoms with E-state index in [0.717, 1.165) is 11.3 Å². The molecule has 4 atom stereocenters. The predicted octanol–water partition coefficient (Wildman–Crippen LogP) is 5.79. The van der Waals surface area contributed by atoms with Crippen LogP contribution in [0.15, 0.2) is 64.1 Å². The van der Waals surface area contributed by atoms with Gasteiger partial charge in [-0.05, 0) is 75.3 Å². The van der Waals surface area contributed by atoms with Crippen molar-refractivity contribution >= 4 is 55.3 Å². The largest absolute Gasteiger partial charge is 0.456 e. The number of benzene rings is 2. The van der Waals surface area contributed by atoms with E-state index in [1.807, 2.05) is 11.8 Å². The number of nitro groups is 2. The molecule has 2 amide bonds. The van der Waals surface area contributed by atoms with Crippen molar-refractivity contribution in [3.63, 3.8) is 0 Å². The zero-order chi connectivity index (χ0) is 36.3. The zero-order valence-corrected chi connectivity index (χ0v) is 30.2. The van der Waals surface area contributed by atoms with Gasteiger partial charge >= 0.3 is 12.1 Å². The molecule has 0 radical (unpaired) electrons. The Kier molecular flexibility index (Phi) is 11.1. The van der Waals surface area contributed by atoms with Crippen LogP contribution >= 0.6 is 11.8 Å². The number of carbonyl (C=O) groups is 3. The molecule has 0 bridgehead atoms. The minimum absolute atomic E-state index is 0.0339. The molecule has 50 heavy (non-hydrogen) atoms. The Labute approximate surface area is 294 Å². The van der Waals surface area contributed by atoms with Crippen LogP contribution in [0.5, 0.6) is 0 Å². The number of thioether (sulfide) groups is 1. The molecule has 266 valence electrons. The highest BCUT2D eigenvalue weighted by atomic mass is 32.2. The summed E-state index contributed by atoms with van der Waals surface area (Å²) >= 11 is 1.52. The van der Waals surface area contributed by atoms with Gasteiger partial charge in [0, 0.05) is 53.9 Å². The molecule has 0 aliphatic carbocycles. The number of amides is 2. The van der Waals surface area contributed by atoms with Crippen molar-refractivity contribution in [3.8, 4) is 0 Å². The van der Waals surface area contributed by atoms with Crippen molar-refractivity contribution < 1.29 is 38.1 Å². The third-order valence-electron chi connectivity index (χ3n) is 8.60. The molecule has 0 aromatic heterocycles. The number of nitro benzene ring substituents is 2. The van der Waals surface area contributed by atoms with Crippen LogP contribution in [-0.2, 0) is 36.7 Å². The maximum atomic E-state index is 13.6. The highest BCUT2D eigenvalue weighted by molar-refractivity contribution is 8.03. The van der Waals surface area contributed by atoms with Crippen LogP contribution in [0.1, 0.15) is 37.8 Å². The Hall–Kier alpha value is -4.61. The quantitative estimate of drug-likeness (QED) is 0.0489. The number of amidine groups is 1. The van der Waals surface area contributed by atoms with E-state index < -0.39 is 30.2 Å². The van der Waals surface area contributed by atoms with Crippen LogP contribution in [0.2, 0.25) is 19.6 Å². The standard InChI is InChI=1S/C33H39N5O10SSi/c1-20(48-50(3,4)5)29-27-16-28(30(36(27)31(29)39)32(40)46-18-22-6-10-24(11-7-22)37(42)43)49-26-14-15-35(17-26)21(2)34-33(41)47-19-23-8-12-25(13-9-23)38(44)45/h6-13,20,26-27,29H,14-19H2,1-5H3/t20-,26+,27+,29-/m1/s1. The maximum Gasteiger partial charge on any atom is 0.435 e. The van der Waals surface area contributed by atoms with Gasteiger partial charge in [-0.15, -0.1) is 11.8 Å². The number of aliphatic imine (C=N–C) groups is 1. The summed E-state index contributed by atoms with van der Waals surface area (Å²) in [5.74, 6) is -0.728. The molecular formula is C33H39N5O10SSi. The van der Waals surface area contributed by atoms with Crippen molar-refractivity contribution in [2.75, 3.05) is 13.1 Å². The van der Waals surface area contributed by atoms with Gasteiger partial charge in [0.05, 0.1) is 27.9 Å². The average molecular weight is 726 g/mol. The summed E-state index contributed by atoms with van der Waals surface area (Å²) < 4.78 is 17.2. The first kappa shape index (κ1) is 36.7. The number of carbonyl (C=O) groups excluding carboxylic acids is 3. The van der Waals surface area contributed by atoms with Gasteiger partial charge in [0.15, 0.2) is 8.32 Å². The number of likely N-dealkylation sites (tertiary alicyclic amines) is 1. The van der Waals surface area contributed by atoms with E-state index in [1.54, 1.807) is 6.92 Å². The highest BCUT2D eigenvalue weighted by Crippen LogP contribution is 2.49. The molecule has 0 spiro atoms. The maximum absolute atomic E-state index is 13.6. The number of esters is 1. The van der Waals surface area contributed by atoms with E-state index in [9.17, 15) is 34.6 Å². The van der Waals surface area contributed by atoms with Gasteiger partial charge in [-0.3, -0.25) is 25.0 Å². The zero-order valence-electron chi connectivity index (χ0n) is 28.4. The fraction of sp³-hybridized carbons (Fsp3) is 0.455. The monoisotopic (exact) mass is 725 g/mol. The number of fused-ring (bicyclic) bond motifs is 1. The number of hydrogen-bond acceptors (Lipinski definition) is 11. The average Bonchev–Trinajstić information content (AvgIpc) is 3.65. The predicted molar refractivity (Wildman–Crippen MR) is 187 cm³/mol. The Morgan fingerprint density at radius 1 is 0.980 bits per heavy atom. The third-order valence-corrected chi connectivity index (χ3v) is 11.0. The lowest BCUT2D eigenvalue weighted by molar-refractivity contribution is -0.385. The van der Waals surface area contributed by atoms with Crippen LogP contribution in [0.4, 0.5) is 16.2 Å². The summed E-state index contributed by atoms with van der Waals surface area (Å²) in [4.78, 5) is 68.7.